The van der Waals surface area contributed by atoms with Crippen molar-refractivity contribution in [1.82, 2.24) is 24.8 Å². The Morgan fingerprint density at radius 3 is 1.41 bits per heavy atom. The number of aromatic nitrogens is 3. The molecule has 0 saturated heterocycles. The molecule has 3 rings (SSSR count). The molecule has 0 amide bonds. The van der Waals surface area contributed by atoms with Gasteiger partial charge in [-0.15, -0.1) is 0 Å². The summed E-state index contributed by atoms with van der Waals surface area (Å²) in [6.45, 7) is 5.31. The molecule has 0 aliphatic heterocycles. The Balaban J connectivity index is 1.71. The molecule has 0 radical (unpaired) electrons. The maximum absolute atomic E-state index is 4.46. The normalized spacial score (nSPS) is 10.9. The zero-order valence-electron chi connectivity index (χ0n) is 15.6. The van der Waals surface area contributed by atoms with E-state index < -0.39 is 0 Å². The van der Waals surface area contributed by atoms with E-state index in [2.05, 4.69) is 50.1 Å². The van der Waals surface area contributed by atoms with E-state index in [0.717, 1.165) is 43.3 Å². The molecule has 0 fully saturated rings. The van der Waals surface area contributed by atoms with Crippen LogP contribution in [0.15, 0.2) is 85.6 Å². The van der Waals surface area contributed by atoms with Crippen LogP contribution in [0.5, 0.6) is 0 Å². The van der Waals surface area contributed by atoms with Gasteiger partial charge in [0, 0.05) is 37.5 Å². The Hall–Kier alpha value is -3.21. The predicted octanol–water partition coefficient (Wildman–Crippen LogP) is 3.87. The molecule has 0 aliphatic carbocycles. The lowest BCUT2D eigenvalue weighted by molar-refractivity contribution is 0.328. The van der Waals surface area contributed by atoms with Gasteiger partial charge < -0.3 is 9.80 Å². The van der Waals surface area contributed by atoms with E-state index in [1.54, 1.807) is 0 Å². The first-order chi connectivity index (χ1) is 13.3. The van der Waals surface area contributed by atoms with Gasteiger partial charge in [0.05, 0.1) is 36.7 Å². The molecule has 138 valence electrons. The third-order valence-corrected chi connectivity index (χ3v) is 4.17. The van der Waals surface area contributed by atoms with Crippen molar-refractivity contribution in [1.29, 1.82) is 0 Å². The van der Waals surface area contributed by atoms with Crippen LogP contribution in [0.4, 0.5) is 0 Å². The van der Waals surface area contributed by atoms with Crippen LogP contribution in [0, 0.1) is 0 Å². The van der Waals surface area contributed by atoms with Crippen LogP contribution >= 0.6 is 0 Å². The molecule has 27 heavy (non-hydrogen) atoms. The Morgan fingerprint density at radius 2 is 1.04 bits per heavy atom. The summed E-state index contributed by atoms with van der Waals surface area (Å²) in [6.07, 6.45) is 9.74. The maximum Gasteiger partial charge on any atom is 0.0601 e. The fourth-order valence-corrected chi connectivity index (χ4v) is 2.72. The molecule has 5 nitrogen and oxygen atoms in total. The van der Waals surface area contributed by atoms with Crippen molar-refractivity contribution >= 4 is 0 Å². The van der Waals surface area contributed by atoms with E-state index in [1.807, 2.05) is 67.1 Å². The molecule has 3 aromatic heterocycles. The van der Waals surface area contributed by atoms with Crippen LogP contribution in [0.3, 0.4) is 0 Å². The van der Waals surface area contributed by atoms with Gasteiger partial charge >= 0.3 is 0 Å². The van der Waals surface area contributed by atoms with Crippen LogP contribution < -0.4 is 0 Å². The molecule has 0 bridgehead atoms. The smallest absolute Gasteiger partial charge is 0.0601 e. The minimum Gasteiger partial charge on any atom is -0.371 e. The van der Waals surface area contributed by atoms with Crippen LogP contribution in [0.1, 0.15) is 24.0 Å². The average Bonchev–Trinajstić information content (AvgIpc) is 2.73. The quantitative estimate of drug-likeness (QED) is 0.580. The third kappa shape index (κ3) is 6.22. The van der Waals surface area contributed by atoms with Gasteiger partial charge in [-0.1, -0.05) is 18.2 Å². The van der Waals surface area contributed by atoms with E-state index in [-0.39, 0.29) is 0 Å². The zero-order chi connectivity index (χ0) is 18.7. The molecular weight excluding hydrogens is 334 g/mol. The first-order valence-corrected chi connectivity index (χ1v) is 9.19. The summed E-state index contributed by atoms with van der Waals surface area (Å²) in [6, 6.07) is 18.0. The van der Waals surface area contributed by atoms with Crippen LogP contribution in [0.25, 0.3) is 0 Å². The molecule has 3 heterocycles. The second-order valence-electron chi connectivity index (χ2n) is 6.23. The van der Waals surface area contributed by atoms with Crippen molar-refractivity contribution in [2.75, 3.05) is 6.54 Å². The highest BCUT2D eigenvalue weighted by Gasteiger charge is 2.06. The van der Waals surface area contributed by atoms with Gasteiger partial charge in [0.15, 0.2) is 0 Å². The van der Waals surface area contributed by atoms with Gasteiger partial charge in [0.2, 0.25) is 0 Å². The number of hydrogen-bond donors (Lipinski definition) is 0. The largest absolute Gasteiger partial charge is 0.371 e. The number of pyridine rings is 3. The summed E-state index contributed by atoms with van der Waals surface area (Å²) in [7, 11) is 0. The van der Waals surface area contributed by atoms with E-state index >= 15 is 0 Å². The van der Waals surface area contributed by atoms with Crippen molar-refractivity contribution in [2.24, 2.45) is 0 Å². The van der Waals surface area contributed by atoms with E-state index in [0.29, 0.717) is 0 Å². The topological polar surface area (TPSA) is 45.2 Å². The lowest BCUT2D eigenvalue weighted by Gasteiger charge is -2.23. The van der Waals surface area contributed by atoms with Crippen molar-refractivity contribution in [3.63, 3.8) is 0 Å². The molecule has 5 heteroatoms. The van der Waals surface area contributed by atoms with Crippen molar-refractivity contribution < 1.29 is 0 Å². The number of nitrogens with zero attached hydrogens (tertiary/aromatic N) is 5. The summed E-state index contributed by atoms with van der Waals surface area (Å²) >= 11 is 0. The Labute approximate surface area is 161 Å². The van der Waals surface area contributed by atoms with Crippen molar-refractivity contribution in [3.8, 4) is 0 Å². The molecule has 0 unspecified atom stereocenters. The molecule has 0 atom stereocenters. The van der Waals surface area contributed by atoms with Gasteiger partial charge in [-0.05, 0) is 43.3 Å². The lowest BCUT2D eigenvalue weighted by atomic mass is 10.3. The molecule has 0 N–H and O–H groups in total. The zero-order valence-corrected chi connectivity index (χ0v) is 15.6. The van der Waals surface area contributed by atoms with Crippen molar-refractivity contribution in [2.45, 2.75) is 26.6 Å². The molecular formula is C22H25N5. The maximum atomic E-state index is 4.46. The first kappa shape index (κ1) is 18.6. The standard InChI is InChI=1S/C22H25N5/c1-2-26(17-20-9-3-6-12-23-20)15-16-27(18-21-10-4-7-13-24-21)19-22-11-5-8-14-25-22/h3-16H,2,17-19H2,1H3. The Morgan fingerprint density at radius 1 is 0.630 bits per heavy atom. The van der Waals surface area contributed by atoms with Gasteiger partial charge in [0.25, 0.3) is 0 Å². The van der Waals surface area contributed by atoms with Gasteiger partial charge in [-0.2, -0.15) is 0 Å². The summed E-state index contributed by atoms with van der Waals surface area (Å²) in [4.78, 5) is 17.8. The first-order valence-electron chi connectivity index (χ1n) is 9.19. The molecule has 0 aliphatic rings. The summed E-state index contributed by atoms with van der Waals surface area (Å²) < 4.78 is 0. The highest BCUT2D eigenvalue weighted by Crippen LogP contribution is 2.09. The number of hydrogen-bond acceptors (Lipinski definition) is 5. The lowest BCUT2D eigenvalue weighted by Crippen LogP contribution is -2.21. The predicted molar refractivity (Wildman–Crippen MR) is 107 cm³/mol. The molecule has 0 saturated carbocycles. The second-order valence-corrected chi connectivity index (χ2v) is 6.23. The van der Waals surface area contributed by atoms with Crippen LogP contribution in [-0.4, -0.2) is 31.3 Å². The second kappa shape index (κ2) is 10.1. The number of rotatable bonds is 9. The van der Waals surface area contributed by atoms with Gasteiger partial charge in [-0.25, -0.2) is 0 Å². The monoisotopic (exact) mass is 359 g/mol. The molecule has 0 spiro atoms. The van der Waals surface area contributed by atoms with Gasteiger partial charge in [-0.3, -0.25) is 15.0 Å². The highest BCUT2D eigenvalue weighted by molar-refractivity contribution is 5.08. The SMILES string of the molecule is CCN(C=CN(Cc1ccccn1)Cc1ccccn1)Cc1ccccn1. The fraction of sp³-hybridized carbons (Fsp3) is 0.227. The van der Waals surface area contributed by atoms with E-state index in [1.165, 1.54) is 0 Å². The Bertz CT molecular complexity index is 764. The Kier molecular flexibility index (Phi) is 6.92. The summed E-state index contributed by atoms with van der Waals surface area (Å²) in [5.74, 6) is 0. The van der Waals surface area contributed by atoms with Crippen LogP contribution in [0.2, 0.25) is 0 Å². The average molecular weight is 359 g/mol. The highest BCUT2D eigenvalue weighted by atomic mass is 15.2. The summed E-state index contributed by atoms with van der Waals surface area (Å²) in [5.41, 5.74) is 3.13. The molecule has 0 aromatic carbocycles. The van der Waals surface area contributed by atoms with Crippen LogP contribution in [-0.2, 0) is 19.6 Å². The fourth-order valence-electron chi connectivity index (χ4n) is 2.72. The molecule has 3 aromatic rings. The summed E-state index contributed by atoms with van der Waals surface area (Å²) in [5, 5.41) is 0. The minimum atomic E-state index is 0.731. The minimum absolute atomic E-state index is 0.731. The van der Waals surface area contributed by atoms with Crippen molar-refractivity contribution in [3.05, 3.63) is 103 Å². The van der Waals surface area contributed by atoms with Gasteiger partial charge in [0.1, 0.15) is 0 Å². The van der Waals surface area contributed by atoms with E-state index in [9.17, 15) is 0 Å². The third-order valence-electron chi connectivity index (χ3n) is 4.17. The van der Waals surface area contributed by atoms with E-state index in [4.69, 9.17) is 0 Å².